The molecule has 0 aliphatic carbocycles. The first kappa shape index (κ1) is 23.3. The standard InChI is InChI=1S/C25H28N2O4S/c1-4-27(21-10-6-5-7-11-21)32(29,30)22-16-14-20(15-17-22)26-25(28)23-12-8-9-13-24(23)31-18-19(2)3/h5-17,19H,4,18H2,1-3H3,(H,26,28). The molecule has 0 aliphatic heterocycles. The molecule has 1 N–H and O–H groups in total. The highest BCUT2D eigenvalue weighted by molar-refractivity contribution is 7.92. The molecule has 0 bridgehead atoms. The number of carbonyl (C=O) groups excluding carboxylic acids is 1. The van der Waals surface area contributed by atoms with Gasteiger partial charge in [0.25, 0.3) is 15.9 Å². The maximum absolute atomic E-state index is 13.1. The van der Waals surface area contributed by atoms with E-state index >= 15 is 0 Å². The van der Waals surface area contributed by atoms with E-state index in [-0.39, 0.29) is 10.8 Å². The van der Waals surface area contributed by atoms with E-state index in [2.05, 4.69) is 5.32 Å². The zero-order valence-corrected chi connectivity index (χ0v) is 19.3. The smallest absolute Gasteiger partial charge is 0.264 e. The van der Waals surface area contributed by atoms with Crippen LogP contribution < -0.4 is 14.4 Å². The highest BCUT2D eigenvalue weighted by atomic mass is 32.2. The van der Waals surface area contributed by atoms with Crippen molar-refractivity contribution in [1.29, 1.82) is 0 Å². The normalized spacial score (nSPS) is 11.2. The number of rotatable bonds is 9. The van der Waals surface area contributed by atoms with Crippen LogP contribution in [0.25, 0.3) is 0 Å². The van der Waals surface area contributed by atoms with E-state index < -0.39 is 10.0 Å². The zero-order chi connectivity index (χ0) is 23.1. The highest BCUT2D eigenvalue weighted by Gasteiger charge is 2.23. The Morgan fingerprint density at radius 2 is 1.56 bits per heavy atom. The molecule has 0 radical (unpaired) electrons. The first-order chi connectivity index (χ1) is 15.3. The predicted octanol–water partition coefficient (Wildman–Crippen LogP) is 5.19. The van der Waals surface area contributed by atoms with Crippen molar-refractivity contribution < 1.29 is 17.9 Å². The summed E-state index contributed by atoms with van der Waals surface area (Å²) in [5, 5.41) is 2.81. The maximum Gasteiger partial charge on any atom is 0.264 e. The van der Waals surface area contributed by atoms with Gasteiger partial charge in [-0.3, -0.25) is 9.10 Å². The second-order valence-corrected chi connectivity index (χ2v) is 9.55. The molecule has 0 spiro atoms. The number of ether oxygens (including phenoxy) is 1. The molecule has 0 aromatic heterocycles. The fraction of sp³-hybridized carbons (Fsp3) is 0.240. The average Bonchev–Trinajstić information content (AvgIpc) is 2.79. The number of nitrogens with zero attached hydrogens (tertiary/aromatic N) is 1. The Labute approximate surface area is 189 Å². The number of anilines is 2. The van der Waals surface area contributed by atoms with Gasteiger partial charge in [0.2, 0.25) is 0 Å². The van der Waals surface area contributed by atoms with Crippen LogP contribution in [0.2, 0.25) is 0 Å². The lowest BCUT2D eigenvalue weighted by molar-refractivity contribution is 0.102. The molecule has 3 aromatic rings. The summed E-state index contributed by atoms with van der Waals surface area (Å²) in [4.78, 5) is 12.9. The Morgan fingerprint density at radius 1 is 0.938 bits per heavy atom. The van der Waals surface area contributed by atoms with Gasteiger partial charge in [-0.15, -0.1) is 0 Å². The molecule has 0 heterocycles. The molecule has 0 atom stereocenters. The molecule has 32 heavy (non-hydrogen) atoms. The number of carbonyl (C=O) groups is 1. The number of amides is 1. The van der Waals surface area contributed by atoms with Crippen molar-refractivity contribution >= 4 is 27.3 Å². The first-order valence-corrected chi connectivity index (χ1v) is 12.0. The molecule has 0 unspecified atom stereocenters. The Balaban J connectivity index is 1.77. The van der Waals surface area contributed by atoms with Gasteiger partial charge in [-0.25, -0.2) is 8.42 Å². The van der Waals surface area contributed by atoms with Crippen molar-refractivity contribution in [1.82, 2.24) is 0 Å². The quantitative estimate of drug-likeness (QED) is 0.485. The summed E-state index contributed by atoms with van der Waals surface area (Å²) in [6.07, 6.45) is 0. The second kappa shape index (κ2) is 10.3. The number of para-hydroxylation sites is 2. The van der Waals surface area contributed by atoms with E-state index in [1.54, 1.807) is 61.5 Å². The third kappa shape index (κ3) is 5.48. The lowest BCUT2D eigenvalue weighted by atomic mass is 10.1. The van der Waals surface area contributed by atoms with Crippen molar-refractivity contribution in [3.05, 3.63) is 84.4 Å². The summed E-state index contributed by atoms with van der Waals surface area (Å²) < 4.78 is 33.3. The SMILES string of the molecule is CCN(c1ccccc1)S(=O)(=O)c1ccc(NC(=O)c2ccccc2OCC(C)C)cc1. The van der Waals surface area contributed by atoms with E-state index in [9.17, 15) is 13.2 Å². The number of benzene rings is 3. The van der Waals surface area contributed by atoms with Crippen molar-refractivity contribution in [2.75, 3.05) is 22.8 Å². The molecule has 1 amide bonds. The molecule has 0 saturated carbocycles. The van der Waals surface area contributed by atoms with Gasteiger partial charge in [-0.05, 0) is 61.4 Å². The summed E-state index contributed by atoms with van der Waals surface area (Å²) in [5.41, 5.74) is 1.52. The van der Waals surface area contributed by atoms with Crippen LogP contribution in [0.3, 0.4) is 0 Å². The van der Waals surface area contributed by atoms with Crippen LogP contribution >= 0.6 is 0 Å². The highest BCUT2D eigenvalue weighted by Crippen LogP contribution is 2.25. The minimum atomic E-state index is -3.72. The Bertz CT molecular complexity index is 1140. The Kier molecular flexibility index (Phi) is 7.53. The van der Waals surface area contributed by atoms with E-state index in [0.717, 1.165) is 0 Å². The molecule has 3 aromatic carbocycles. The van der Waals surface area contributed by atoms with Crippen LogP contribution in [0.5, 0.6) is 5.75 Å². The van der Waals surface area contributed by atoms with Crippen molar-refractivity contribution in [2.24, 2.45) is 5.92 Å². The Hall–Kier alpha value is -3.32. The summed E-state index contributed by atoms with van der Waals surface area (Å²) in [5.74, 6) is 0.526. The minimum Gasteiger partial charge on any atom is -0.492 e. The van der Waals surface area contributed by atoms with Gasteiger partial charge >= 0.3 is 0 Å². The van der Waals surface area contributed by atoms with E-state index in [0.29, 0.717) is 41.8 Å². The monoisotopic (exact) mass is 452 g/mol. The van der Waals surface area contributed by atoms with Gasteiger partial charge in [0.05, 0.1) is 22.8 Å². The number of hydrogen-bond acceptors (Lipinski definition) is 4. The fourth-order valence-corrected chi connectivity index (χ4v) is 4.63. The molecule has 168 valence electrons. The van der Waals surface area contributed by atoms with Gasteiger partial charge in [-0.2, -0.15) is 0 Å². The van der Waals surface area contributed by atoms with E-state index in [1.165, 1.54) is 16.4 Å². The summed E-state index contributed by atoms with van der Waals surface area (Å²) in [7, 11) is -3.72. The molecule has 0 fully saturated rings. The average molecular weight is 453 g/mol. The lowest BCUT2D eigenvalue weighted by Crippen LogP contribution is -2.30. The van der Waals surface area contributed by atoms with Crippen LogP contribution in [0.15, 0.2) is 83.8 Å². The molecule has 6 nitrogen and oxygen atoms in total. The topological polar surface area (TPSA) is 75.7 Å². The van der Waals surface area contributed by atoms with Gasteiger partial charge in [0, 0.05) is 12.2 Å². The number of nitrogens with one attached hydrogen (secondary N) is 1. The van der Waals surface area contributed by atoms with Crippen molar-refractivity contribution in [3.63, 3.8) is 0 Å². The predicted molar refractivity (Wildman–Crippen MR) is 128 cm³/mol. The van der Waals surface area contributed by atoms with Crippen LogP contribution in [-0.2, 0) is 10.0 Å². The molecular formula is C25H28N2O4S. The molecule has 0 aliphatic rings. The zero-order valence-electron chi connectivity index (χ0n) is 18.5. The third-order valence-corrected chi connectivity index (χ3v) is 6.65. The van der Waals surface area contributed by atoms with Crippen LogP contribution in [0.1, 0.15) is 31.1 Å². The largest absolute Gasteiger partial charge is 0.492 e. The minimum absolute atomic E-state index is 0.155. The fourth-order valence-electron chi connectivity index (χ4n) is 3.16. The molecule has 3 rings (SSSR count). The summed E-state index contributed by atoms with van der Waals surface area (Å²) >= 11 is 0. The van der Waals surface area contributed by atoms with Gasteiger partial charge in [0.15, 0.2) is 0 Å². The molecule has 7 heteroatoms. The number of sulfonamides is 1. The molecular weight excluding hydrogens is 424 g/mol. The van der Waals surface area contributed by atoms with Crippen LogP contribution in [-0.4, -0.2) is 27.5 Å². The van der Waals surface area contributed by atoms with Crippen molar-refractivity contribution in [3.8, 4) is 5.75 Å². The Morgan fingerprint density at radius 3 is 2.19 bits per heavy atom. The molecule has 0 saturated heterocycles. The first-order valence-electron chi connectivity index (χ1n) is 10.5. The summed E-state index contributed by atoms with van der Waals surface area (Å²) in [6, 6.07) is 22.2. The maximum atomic E-state index is 13.1. The van der Waals surface area contributed by atoms with E-state index in [4.69, 9.17) is 4.74 Å². The third-order valence-electron chi connectivity index (χ3n) is 4.74. The van der Waals surface area contributed by atoms with Crippen LogP contribution in [0, 0.1) is 5.92 Å². The van der Waals surface area contributed by atoms with Gasteiger partial charge < -0.3 is 10.1 Å². The van der Waals surface area contributed by atoms with E-state index in [1.807, 2.05) is 26.0 Å². The number of hydrogen-bond donors (Lipinski definition) is 1. The van der Waals surface area contributed by atoms with Gasteiger partial charge in [-0.1, -0.05) is 44.2 Å². The van der Waals surface area contributed by atoms with Crippen LogP contribution in [0.4, 0.5) is 11.4 Å². The van der Waals surface area contributed by atoms with Gasteiger partial charge in [0.1, 0.15) is 5.75 Å². The lowest BCUT2D eigenvalue weighted by Gasteiger charge is -2.23. The summed E-state index contributed by atoms with van der Waals surface area (Å²) in [6.45, 7) is 6.67. The second-order valence-electron chi connectivity index (χ2n) is 7.68. The van der Waals surface area contributed by atoms with Crippen molar-refractivity contribution in [2.45, 2.75) is 25.7 Å².